The number of nitrogens with zero attached hydrogens (tertiary/aromatic N) is 3. The number of carbonyl (C=O) groups excluding carboxylic acids is 1. The highest BCUT2D eigenvalue weighted by molar-refractivity contribution is 6.31. The minimum Gasteiger partial charge on any atom is -0.305 e. The molecule has 0 atom stereocenters. The Bertz CT molecular complexity index is 875. The van der Waals surface area contributed by atoms with Gasteiger partial charge in [0.15, 0.2) is 5.69 Å². The molecule has 8 nitrogen and oxygen atoms in total. The minimum absolute atomic E-state index is 0.157. The monoisotopic (exact) mass is 317 g/mol. The van der Waals surface area contributed by atoms with E-state index in [1.165, 1.54) is 12.1 Å². The van der Waals surface area contributed by atoms with Crippen LogP contribution in [0.3, 0.4) is 0 Å². The molecule has 0 radical (unpaired) electrons. The smallest absolute Gasteiger partial charge is 0.287 e. The van der Waals surface area contributed by atoms with E-state index >= 15 is 0 Å². The van der Waals surface area contributed by atoms with Gasteiger partial charge in [-0.2, -0.15) is 5.10 Å². The fourth-order valence-corrected chi connectivity index (χ4v) is 2.07. The number of benzene rings is 1. The Kier molecular flexibility index (Phi) is 3.43. The van der Waals surface area contributed by atoms with Crippen molar-refractivity contribution >= 4 is 39.9 Å². The van der Waals surface area contributed by atoms with Crippen molar-refractivity contribution < 1.29 is 9.72 Å². The lowest BCUT2D eigenvalue weighted by atomic mass is 10.2. The number of carbonyl (C=O) groups is 1. The molecule has 2 N–H and O–H groups in total. The van der Waals surface area contributed by atoms with Crippen LogP contribution in [-0.4, -0.2) is 26.0 Å². The third kappa shape index (κ3) is 2.59. The number of amides is 1. The predicted octanol–water partition coefficient (Wildman–Crippen LogP) is 2.77. The van der Waals surface area contributed by atoms with Crippen molar-refractivity contribution in [1.82, 2.24) is 15.2 Å². The summed E-state index contributed by atoms with van der Waals surface area (Å²) < 4.78 is 0. The molecule has 2 heterocycles. The molecule has 9 heteroatoms. The van der Waals surface area contributed by atoms with Gasteiger partial charge in [0.25, 0.3) is 11.6 Å². The van der Waals surface area contributed by atoms with Gasteiger partial charge in [0.2, 0.25) is 0 Å². The molecular weight excluding hydrogens is 310 g/mol. The summed E-state index contributed by atoms with van der Waals surface area (Å²) in [7, 11) is 0. The molecule has 3 rings (SSSR count). The van der Waals surface area contributed by atoms with Gasteiger partial charge in [0.1, 0.15) is 12.0 Å². The molecule has 0 aliphatic rings. The van der Waals surface area contributed by atoms with Crippen LogP contribution in [0, 0.1) is 10.1 Å². The molecule has 0 aliphatic heterocycles. The van der Waals surface area contributed by atoms with Crippen LogP contribution in [0.25, 0.3) is 10.9 Å². The fourth-order valence-electron chi connectivity index (χ4n) is 1.90. The number of rotatable bonds is 3. The summed E-state index contributed by atoms with van der Waals surface area (Å²) in [4.78, 5) is 26.0. The number of aromatic nitrogens is 3. The molecule has 0 spiro atoms. The maximum absolute atomic E-state index is 12.2. The molecule has 110 valence electrons. The largest absolute Gasteiger partial charge is 0.305 e. The van der Waals surface area contributed by atoms with Crippen LogP contribution < -0.4 is 5.32 Å². The average molecular weight is 318 g/mol. The van der Waals surface area contributed by atoms with Crippen LogP contribution in [-0.2, 0) is 0 Å². The lowest BCUT2D eigenvalue weighted by Gasteiger charge is -2.02. The normalized spacial score (nSPS) is 10.6. The lowest BCUT2D eigenvalue weighted by Crippen LogP contribution is -2.13. The van der Waals surface area contributed by atoms with Crippen molar-refractivity contribution in [3.05, 3.63) is 57.4 Å². The summed E-state index contributed by atoms with van der Waals surface area (Å²) in [6.45, 7) is 0. The molecule has 3 aromatic rings. The molecule has 1 amide bonds. The first-order chi connectivity index (χ1) is 10.5. The van der Waals surface area contributed by atoms with Crippen LogP contribution in [0.1, 0.15) is 10.5 Å². The number of fused-ring (bicyclic) bond motifs is 1. The molecule has 0 bridgehead atoms. The molecule has 2 aromatic heterocycles. The minimum atomic E-state index is -0.568. The van der Waals surface area contributed by atoms with Crippen LogP contribution in [0.4, 0.5) is 11.5 Å². The summed E-state index contributed by atoms with van der Waals surface area (Å²) in [5.41, 5.74) is 0.680. The Morgan fingerprint density at radius 1 is 1.32 bits per heavy atom. The Hall–Kier alpha value is -3.00. The van der Waals surface area contributed by atoms with Gasteiger partial charge in [-0.05, 0) is 24.3 Å². The van der Waals surface area contributed by atoms with Gasteiger partial charge in [-0.25, -0.2) is 4.98 Å². The van der Waals surface area contributed by atoms with Gasteiger partial charge in [-0.1, -0.05) is 11.6 Å². The van der Waals surface area contributed by atoms with Crippen molar-refractivity contribution in [3.63, 3.8) is 0 Å². The van der Waals surface area contributed by atoms with Gasteiger partial charge in [0, 0.05) is 16.5 Å². The molecule has 0 saturated heterocycles. The van der Waals surface area contributed by atoms with E-state index < -0.39 is 10.8 Å². The van der Waals surface area contributed by atoms with Gasteiger partial charge in [-0.15, -0.1) is 0 Å². The maximum Gasteiger partial charge on any atom is 0.287 e. The van der Waals surface area contributed by atoms with Gasteiger partial charge in [-0.3, -0.25) is 20.0 Å². The van der Waals surface area contributed by atoms with E-state index in [-0.39, 0.29) is 17.2 Å². The van der Waals surface area contributed by atoms with Gasteiger partial charge < -0.3 is 5.32 Å². The van der Waals surface area contributed by atoms with Crippen molar-refractivity contribution in [2.45, 2.75) is 0 Å². The van der Waals surface area contributed by atoms with Crippen molar-refractivity contribution in [1.29, 1.82) is 0 Å². The van der Waals surface area contributed by atoms with E-state index in [1.54, 1.807) is 18.2 Å². The summed E-state index contributed by atoms with van der Waals surface area (Å²) in [6.07, 6.45) is 1.06. The number of H-pyrrole nitrogens is 1. The summed E-state index contributed by atoms with van der Waals surface area (Å²) >= 11 is 5.91. The zero-order valence-electron chi connectivity index (χ0n) is 10.9. The average Bonchev–Trinajstić information content (AvgIpc) is 2.90. The quantitative estimate of drug-likeness (QED) is 0.569. The third-order valence-corrected chi connectivity index (χ3v) is 3.18. The van der Waals surface area contributed by atoms with E-state index in [0.29, 0.717) is 15.9 Å². The molecule has 0 aliphatic carbocycles. The number of hydrogen-bond acceptors (Lipinski definition) is 5. The zero-order valence-corrected chi connectivity index (χ0v) is 11.7. The molecule has 1 aromatic carbocycles. The second-order valence-corrected chi connectivity index (χ2v) is 4.81. The Balaban J connectivity index is 1.87. The van der Waals surface area contributed by atoms with E-state index in [9.17, 15) is 14.9 Å². The Morgan fingerprint density at radius 2 is 2.14 bits per heavy atom. The number of anilines is 1. The number of nitro groups is 1. The Labute approximate surface area is 128 Å². The van der Waals surface area contributed by atoms with E-state index in [1.807, 2.05) is 0 Å². The molecule has 22 heavy (non-hydrogen) atoms. The summed E-state index contributed by atoms with van der Waals surface area (Å²) in [5.74, 6) is -0.302. The maximum atomic E-state index is 12.2. The van der Waals surface area contributed by atoms with Crippen molar-refractivity contribution in [2.75, 3.05) is 5.32 Å². The van der Waals surface area contributed by atoms with Crippen LogP contribution >= 0.6 is 11.6 Å². The summed E-state index contributed by atoms with van der Waals surface area (Å²) in [5, 5.41) is 20.8. The van der Waals surface area contributed by atoms with Crippen LogP contribution in [0.2, 0.25) is 5.02 Å². The molecule has 0 saturated carbocycles. The number of nitrogens with one attached hydrogen (secondary N) is 2. The van der Waals surface area contributed by atoms with Crippen molar-refractivity contribution in [2.24, 2.45) is 0 Å². The van der Waals surface area contributed by atoms with Crippen molar-refractivity contribution in [3.8, 4) is 0 Å². The topological polar surface area (TPSA) is 114 Å². The van der Waals surface area contributed by atoms with Gasteiger partial charge in [0.05, 0.1) is 10.4 Å². The second kappa shape index (κ2) is 5.41. The third-order valence-electron chi connectivity index (χ3n) is 2.94. The highest BCUT2D eigenvalue weighted by Crippen LogP contribution is 2.21. The van der Waals surface area contributed by atoms with Crippen LogP contribution in [0.15, 0.2) is 36.5 Å². The van der Waals surface area contributed by atoms with Crippen LogP contribution in [0.5, 0.6) is 0 Å². The lowest BCUT2D eigenvalue weighted by molar-refractivity contribution is -0.385. The highest BCUT2D eigenvalue weighted by atomic mass is 35.5. The molecule has 0 unspecified atom stereocenters. The fraction of sp³-hybridized carbons (Fsp3) is 0. The van der Waals surface area contributed by atoms with E-state index in [4.69, 9.17) is 11.6 Å². The highest BCUT2D eigenvalue weighted by Gasteiger charge is 2.15. The number of hydrogen-bond donors (Lipinski definition) is 2. The molecule has 0 fully saturated rings. The molecular formula is C13H8ClN5O3. The predicted molar refractivity (Wildman–Crippen MR) is 79.9 cm³/mol. The standard InChI is InChI=1S/C13H8ClN5O3/c14-7-1-3-10-9(5-7)12(18-17-10)13(20)16-11-4-2-8(6-15-11)19(21)22/h1-6H,(H,17,18)(H,15,16,20). The second-order valence-electron chi connectivity index (χ2n) is 4.37. The van der Waals surface area contributed by atoms with E-state index in [2.05, 4.69) is 20.5 Å². The SMILES string of the molecule is O=C(Nc1ccc([N+](=O)[O-])cn1)c1n[nH]c2ccc(Cl)cc12. The van der Waals surface area contributed by atoms with E-state index in [0.717, 1.165) is 6.20 Å². The zero-order chi connectivity index (χ0) is 15.7. The number of halogens is 1. The number of pyridine rings is 1. The first kappa shape index (κ1) is 14.0. The first-order valence-electron chi connectivity index (χ1n) is 6.10. The van der Waals surface area contributed by atoms with Gasteiger partial charge >= 0.3 is 0 Å². The first-order valence-corrected chi connectivity index (χ1v) is 6.48. The number of aromatic amines is 1. The summed E-state index contributed by atoms with van der Waals surface area (Å²) in [6, 6.07) is 7.62. The Morgan fingerprint density at radius 3 is 2.82 bits per heavy atom.